The summed E-state index contributed by atoms with van der Waals surface area (Å²) in [5.74, 6) is 2.38. The van der Waals surface area contributed by atoms with Gasteiger partial charge in [0.05, 0.1) is 0 Å². The Hall–Kier alpha value is -0.960. The van der Waals surface area contributed by atoms with E-state index in [4.69, 9.17) is 15.7 Å². The third-order valence-electron chi connectivity index (χ3n) is 4.65. The third-order valence-corrected chi connectivity index (χ3v) is 4.65. The lowest BCUT2D eigenvalue weighted by atomic mass is 9.85. The number of hydrogen-bond donors (Lipinski definition) is 1. The molecule has 2 aliphatic rings. The van der Waals surface area contributed by atoms with Crippen molar-refractivity contribution < 1.29 is 0 Å². The summed E-state index contributed by atoms with van der Waals surface area (Å²) in [5.41, 5.74) is 9.71. The van der Waals surface area contributed by atoms with Crippen LogP contribution in [0.2, 0.25) is 0 Å². The Balaban J connectivity index is 1.90. The zero-order chi connectivity index (χ0) is 12.5. The predicted octanol–water partition coefficient (Wildman–Crippen LogP) is 2.51. The monoisotopic (exact) mass is 245 g/mol. The van der Waals surface area contributed by atoms with E-state index in [-0.39, 0.29) is 0 Å². The van der Waals surface area contributed by atoms with Gasteiger partial charge in [-0.05, 0) is 57.1 Å². The van der Waals surface area contributed by atoms with Crippen LogP contribution in [0.3, 0.4) is 0 Å². The highest BCUT2D eigenvalue weighted by Crippen LogP contribution is 2.34. The molecule has 0 amide bonds. The molecule has 3 nitrogen and oxygen atoms in total. The lowest BCUT2D eigenvalue weighted by molar-refractivity contribution is 0.456. The molecule has 1 aromatic rings. The summed E-state index contributed by atoms with van der Waals surface area (Å²) in [7, 11) is 0. The van der Waals surface area contributed by atoms with E-state index in [0.717, 1.165) is 25.2 Å². The van der Waals surface area contributed by atoms with E-state index in [1.807, 2.05) is 0 Å². The van der Waals surface area contributed by atoms with Gasteiger partial charge in [0.15, 0.2) is 0 Å². The van der Waals surface area contributed by atoms with Crippen molar-refractivity contribution in [3.05, 3.63) is 22.8 Å². The van der Waals surface area contributed by atoms with Gasteiger partial charge >= 0.3 is 0 Å². The summed E-state index contributed by atoms with van der Waals surface area (Å²) in [4.78, 5) is 9.66. The summed E-state index contributed by atoms with van der Waals surface area (Å²) in [5, 5.41) is 0. The standard InChI is InChI=1S/C15H23N3/c1-10-13-8-11(9-16)6-7-14(13)18-15(17-10)12-4-2-3-5-12/h11-12H,2-9,16H2,1H3. The van der Waals surface area contributed by atoms with Gasteiger partial charge in [0, 0.05) is 17.3 Å². The lowest BCUT2D eigenvalue weighted by Crippen LogP contribution is -2.24. The fraction of sp³-hybridized carbons (Fsp3) is 0.733. The third kappa shape index (κ3) is 2.16. The molecule has 0 aromatic carbocycles. The van der Waals surface area contributed by atoms with Gasteiger partial charge in [-0.3, -0.25) is 0 Å². The lowest BCUT2D eigenvalue weighted by Gasteiger charge is -2.25. The summed E-state index contributed by atoms with van der Waals surface area (Å²) in [6, 6.07) is 0. The van der Waals surface area contributed by atoms with E-state index in [9.17, 15) is 0 Å². The van der Waals surface area contributed by atoms with Crippen LogP contribution in [-0.4, -0.2) is 16.5 Å². The second-order valence-electron chi connectivity index (χ2n) is 5.92. The fourth-order valence-electron chi connectivity index (χ4n) is 3.45. The molecular weight excluding hydrogens is 222 g/mol. The van der Waals surface area contributed by atoms with Crippen molar-refractivity contribution in [3.8, 4) is 0 Å². The first-order chi connectivity index (χ1) is 8.78. The van der Waals surface area contributed by atoms with Gasteiger partial charge < -0.3 is 5.73 Å². The zero-order valence-corrected chi connectivity index (χ0v) is 11.3. The van der Waals surface area contributed by atoms with Crippen molar-refractivity contribution in [2.24, 2.45) is 11.7 Å². The molecule has 0 bridgehead atoms. The molecule has 2 aliphatic carbocycles. The maximum Gasteiger partial charge on any atom is 0.131 e. The van der Waals surface area contributed by atoms with Gasteiger partial charge in [0.1, 0.15) is 5.82 Å². The van der Waals surface area contributed by atoms with E-state index in [0.29, 0.717) is 11.8 Å². The summed E-state index contributed by atoms with van der Waals surface area (Å²) in [6.45, 7) is 2.95. The predicted molar refractivity (Wildman–Crippen MR) is 72.5 cm³/mol. The molecule has 0 radical (unpaired) electrons. The van der Waals surface area contributed by atoms with Gasteiger partial charge in [-0.15, -0.1) is 0 Å². The van der Waals surface area contributed by atoms with E-state index in [2.05, 4.69) is 6.92 Å². The topological polar surface area (TPSA) is 51.8 Å². The van der Waals surface area contributed by atoms with E-state index >= 15 is 0 Å². The SMILES string of the molecule is Cc1nc(C2CCCC2)nc2c1CC(CN)CC2. The minimum absolute atomic E-state index is 0.626. The van der Waals surface area contributed by atoms with Crippen molar-refractivity contribution in [2.45, 2.75) is 57.8 Å². The molecule has 2 N–H and O–H groups in total. The first kappa shape index (κ1) is 12.1. The maximum absolute atomic E-state index is 5.80. The second kappa shape index (κ2) is 4.96. The highest BCUT2D eigenvalue weighted by atomic mass is 14.9. The molecule has 3 heteroatoms. The Morgan fingerprint density at radius 3 is 2.67 bits per heavy atom. The molecular formula is C15H23N3. The number of aryl methyl sites for hydroxylation is 2. The Labute approximate surface area is 109 Å². The van der Waals surface area contributed by atoms with Crippen LogP contribution in [0.4, 0.5) is 0 Å². The minimum Gasteiger partial charge on any atom is -0.330 e. The normalized spacial score (nSPS) is 24.2. The molecule has 1 aromatic heterocycles. The fourth-order valence-corrected chi connectivity index (χ4v) is 3.45. The van der Waals surface area contributed by atoms with Gasteiger partial charge in [0.25, 0.3) is 0 Å². The molecule has 1 saturated carbocycles. The average Bonchev–Trinajstić information content (AvgIpc) is 2.92. The number of aromatic nitrogens is 2. The Morgan fingerprint density at radius 2 is 1.94 bits per heavy atom. The first-order valence-electron chi connectivity index (χ1n) is 7.34. The highest BCUT2D eigenvalue weighted by Gasteiger charge is 2.25. The second-order valence-corrected chi connectivity index (χ2v) is 5.92. The van der Waals surface area contributed by atoms with Crippen LogP contribution in [0.15, 0.2) is 0 Å². The number of nitrogens with zero attached hydrogens (tertiary/aromatic N) is 2. The van der Waals surface area contributed by atoms with Crippen molar-refractivity contribution >= 4 is 0 Å². The number of rotatable bonds is 2. The number of hydrogen-bond acceptors (Lipinski definition) is 3. The molecule has 1 unspecified atom stereocenters. The Kier molecular flexibility index (Phi) is 3.33. The first-order valence-corrected chi connectivity index (χ1v) is 7.34. The molecule has 3 rings (SSSR count). The Morgan fingerprint density at radius 1 is 1.17 bits per heavy atom. The van der Waals surface area contributed by atoms with Crippen molar-refractivity contribution in [2.75, 3.05) is 6.54 Å². The molecule has 1 heterocycles. The van der Waals surface area contributed by atoms with Crippen LogP contribution in [0.5, 0.6) is 0 Å². The van der Waals surface area contributed by atoms with Crippen molar-refractivity contribution in [1.29, 1.82) is 0 Å². The van der Waals surface area contributed by atoms with Crippen LogP contribution in [0.25, 0.3) is 0 Å². The highest BCUT2D eigenvalue weighted by molar-refractivity contribution is 5.29. The van der Waals surface area contributed by atoms with E-state index in [1.165, 1.54) is 49.1 Å². The molecule has 0 saturated heterocycles. The quantitative estimate of drug-likeness (QED) is 0.871. The zero-order valence-electron chi connectivity index (χ0n) is 11.3. The maximum atomic E-state index is 5.80. The van der Waals surface area contributed by atoms with Gasteiger partial charge in [-0.2, -0.15) is 0 Å². The molecule has 18 heavy (non-hydrogen) atoms. The van der Waals surface area contributed by atoms with E-state index in [1.54, 1.807) is 0 Å². The summed E-state index contributed by atoms with van der Waals surface area (Å²) in [6.07, 6.45) is 8.64. The summed E-state index contributed by atoms with van der Waals surface area (Å²) >= 11 is 0. The van der Waals surface area contributed by atoms with Crippen LogP contribution >= 0.6 is 0 Å². The number of nitrogens with two attached hydrogens (primary N) is 1. The van der Waals surface area contributed by atoms with Crippen LogP contribution in [0, 0.1) is 12.8 Å². The molecule has 1 fully saturated rings. The van der Waals surface area contributed by atoms with Crippen LogP contribution < -0.4 is 5.73 Å². The number of fused-ring (bicyclic) bond motifs is 1. The summed E-state index contributed by atoms with van der Waals surface area (Å²) < 4.78 is 0. The average molecular weight is 245 g/mol. The van der Waals surface area contributed by atoms with Crippen LogP contribution in [0.1, 0.15) is 60.8 Å². The smallest absolute Gasteiger partial charge is 0.131 e. The van der Waals surface area contributed by atoms with Gasteiger partial charge in [-0.1, -0.05) is 12.8 Å². The molecule has 98 valence electrons. The van der Waals surface area contributed by atoms with Gasteiger partial charge in [0.2, 0.25) is 0 Å². The van der Waals surface area contributed by atoms with E-state index < -0.39 is 0 Å². The van der Waals surface area contributed by atoms with Crippen molar-refractivity contribution in [3.63, 3.8) is 0 Å². The largest absolute Gasteiger partial charge is 0.330 e. The van der Waals surface area contributed by atoms with Gasteiger partial charge in [-0.25, -0.2) is 9.97 Å². The molecule has 1 atom stereocenters. The Bertz CT molecular complexity index is 436. The molecule has 0 aliphatic heterocycles. The minimum atomic E-state index is 0.626. The van der Waals surface area contributed by atoms with Crippen molar-refractivity contribution in [1.82, 2.24) is 9.97 Å². The van der Waals surface area contributed by atoms with Crippen LogP contribution in [-0.2, 0) is 12.8 Å². The molecule has 0 spiro atoms.